The second-order valence-corrected chi connectivity index (χ2v) is 6.39. The van der Waals surface area contributed by atoms with Crippen LogP contribution >= 0.6 is 0 Å². The molecule has 0 fully saturated rings. The fraction of sp³-hybridized carbons (Fsp3) is 0.350. The first-order valence-corrected chi connectivity index (χ1v) is 8.77. The molecule has 0 unspecified atom stereocenters. The largest absolute Gasteiger partial charge is 0.454 e. The summed E-state index contributed by atoms with van der Waals surface area (Å²) in [6.45, 7) is 2.30. The zero-order chi connectivity index (χ0) is 18.4. The molecular weight excluding hydrogens is 330 g/mol. The Hall–Kier alpha value is -2.89. The van der Waals surface area contributed by atoms with Gasteiger partial charge in [-0.05, 0) is 36.2 Å². The first-order valence-electron chi connectivity index (χ1n) is 8.77. The minimum atomic E-state index is -0.0787. The fourth-order valence-corrected chi connectivity index (χ4v) is 2.84. The maximum Gasteiger partial charge on any atom is 0.317 e. The molecule has 1 aliphatic rings. The Morgan fingerprint density at radius 2 is 1.85 bits per heavy atom. The number of carbonyl (C=O) groups excluding carboxylic acids is 1. The molecule has 2 aromatic carbocycles. The van der Waals surface area contributed by atoms with E-state index in [1.54, 1.807) is 11.9 Å². The summed E-state index contributed by atoms with van der Waals surface area (Å²) >= 11 is 0. The summed E-state index contributed by atoms with van der Waals surface area (Å²) in [5, 5.41) is 2.97. The maximum absolute atomic E-state index is 12.2. The van der Waals surface area contributed by atoms with Crippen LogP contribution in [-0.4, -0.2) is 44.9 Å². The summed E-state index contributed by atoms with van der Waals surface area (Å²) in [6.07, 6.45) is 0.884. The van der Waals surface area contributed by atoms with E-state index in [9.17, 15) is 4.79 Å². The van der Waals surface area contributed by atoms with Gasteiger partial charge in [0, 0.05) is 39.4 Å². The van der Waals surface area contributed by atoms with Crippen molar-refractivity contribution in [1.82, 2.24) is 10.2 Å². The van der Waals surface area contributed by atoms with Crippen molar-refractivity contribution in [3.8, 4) is 11.5 Å². The van der Waals surface area contributed by atoms with Crippen molar-refractivity contribution < 1.29 is 14.3 Å². The molecule has 0 spiro atoms. The molecule has 0 aliphatic carbocycles. The summed E-state index contributed by atoms with van der Waals surface area (Å²) < 4.78 is 10.7. The predicted molar refractivity (Wildman–Crippen MR) is 102 cm³/mol. The molecule has 0 aromatic heterocycles. The lowest BCUT2D eigenvalue weighted by molar-refractivity contribution is 0.174. The van der Waals surface area contributed by atoms with Crippen molar-refractivity contribution in [2.45, 2.75) is 13.0 Å². The fourth-order valence-electron chi connectivity index (χ4n) is 2.84. The van der Waals surface area contributed by atoms with Crippen molar-refractivity contribution in [3.63, 3.8) is 0 Å². The first kappa shape index (κ1) is 17.9. The molecule has 0 saturated carbocycles. The Morgan fingerprint density at radius 3 is 2.65 bits per heavy atom. The van der Waals surface area contributed by atoms with Gasteiger partial charge in [0.2, 0.25) is 6.79 Å². The molecule has 1 heterocycles. The van der Waals surface area contributed by atoms with Gasteiger partial charge in [0.1, 0.15) is 0 Å². The normalized spacial score (nSPS) is 11.9. The van der Waals surface area contributed by atoms with Crippen LogP contribution in [0.25, 0.3) is 0 Å². The van der Waals surface area contributed by atoms with E-state index in [-0.39, 0.29) is 12.8 Å². The monoisotopic (exact) mass is 355 g/mol. The summed E-state index contributed by atoms with van der Waals surface area (Å²) in [6, 6.07) is 15.9. The van der Waals surface area contributed by atoms with Crippen LogP contribution in [0.15, 0.2) is 48.5 Å². The standard InChI is InChI=1S/C20H25N3O3/c1-22(17-7-4-3-5-8-17)12-6-11-21-20(24)23(2)14-16-9-10-18-19(13-16)26-15-25-18/h3-5,7-10,13H,6,11-12,14-15H2,1-2H3,(H,21,24). The van der Waals surface area contributed by atoms with E-state index in [0.717, 1.165) is 30.0 Å². The second kappa shape index (κ2) is 8.47. The van der Waals surface area contributed by atoms with Gasteiger partial charge in [0.15, 0.2) is 11.5 Å². The molecule has 1 aliphatic heterocycles. The highest BCUT2D eigenvalue weighted by atomic mass is 16.7. The minimum absolute atomic E-state index is 0.0787. The summed E-state index contributed by atoms with van der Waals surface area (Å²) in [5.41, 5.74) is 2.19. The molecule has 0 bridgehead atoms. The number of hydrogen-bond donors (Lipinski definition) is 1. The van der Waals surface area contributed by atoms with Crippen molar-refractivity contribution in [3.05, 3.63) is 54.1 Å². The zero-order valence-electron chi connectivity index (χ0n) is 15.3. The van der Waals surface area contributed by atoms with Crippen LogP contribution in [0.4, 0.5) is 10.5 Å². The second-order valence-electron chi connectivity index (χ2n) is 6.39. The van der Waals surface area contributed by atoms with Crippen LogP contribution in [0, 0.1) is 0 Å². The van der Waals surface area contributed by atoms with Crippen molar-refractivity contribution >= 4 is 11.7 Å². The highest BCUT2D eigenvalue weighted by Gasteiger charge is 2.15. The number of anilines is 1. The van der Waals surface area contributed by atoms with Gasteiger partial charge >= 0.3 is 6.03 Å². The van der Waals surface area contributed by atoms with Crippen molar-refractivity contribution in [2.24, 2.45) is 0 Å². The highest BCUT2D eigenvalue weighted by molar-refractivity contribution is 5.73. The van der Waals surface area contributed by atoms with E-state index in [0.29, 0.717) is 13.1 Å². The van der Waals surface area contributed by atoms with E-state index >= 15 is 0 Å². The van der Waals surface area contributed by atoms with Gasteiger partial charge in [0.25, 0.3) is 0 Å². The van der Waals surface area contributed by atoms with Crippen LogP contribution in [0.2, 0.25) is 0 Å². The molecule has 6 nitrogen and oxygen atoms in total. The third kappa shape index (κ3) is 4.59. The van der Waals surface area contributed by atoms with Gasteiger partial charge in [-0.2, -0.15) is 0 Å². The number of benzene rings is 2. The lowest BCUT2D eigenvalue weighted by Gasteiger charge is -2.21. The molecule has 0 radical (unpaired) electrons. The molecule has 0 saturated heterocycles. The Bertz CT molecular complexity index is 736. The smallest absolute Gasteiger partial charge is 0.317 e. The Balaban J connectivity index is 1.39. The van der Waals surface area contributed by atoms with E-state index in [4.69, 9.17) is 9.47 Å². The number of ether oxygens (including phenoxy) is 2. The van der Waals surface area contributed by atoms with Gasteiger partial charge < -0.3 is 24.6 Å². The van der Waals surface area contributed by atoms with Crippen LogP contribution in [0.5, 0.6) is 11.5 Å². The number of urea groups is 1. The molecule has 138 valence electrons. The Labute approximate surface area is 154 Å². The lowest BCUT2D eigenvalue weighted by Crippen LogP contribution is -2.38. The number of hydrogen-bond acceptors (Lipinski definition) is 4. The highest BCUT2D eigenvalue weighted by Crippen LogP contribution is 2.32. The minimum Gasteiger partial charge on any atom is -0.454 e. The number of fused-ring (bicyclic) bond motifs is 1. The number of rotatable bonds is 7. The maximum atomic E-state index is 12.2. The quantitative estimate of drug-likeness (QED) is 0.776. The van der Waals surface area contributed by atoms with Gasteiger partial charge in [-0.15, -0.1) is 0 Å². The zero-order valence-corrected chi connectivity index (χ0v) is 15.3. The molecule has 3 rings (SSSR count). The molecule has 1 N–H and O–H groups in total. The Morgan fingerprint density at radius 1 is 1.08 bits per heavy atom. The average molecular weight is 355 g/mol. The predicted octanol–water partition coefficient (Wildman–Crippen LogP) is 3.08. The average Bonchev–Trinajstić information content (AvgIpc) is 3.13. The summed E-state index contributed by atoms with van der Waals surface area (Å²) in [5.74, 6) is 1.49. The molecular formula is C20H25N3O3. The Kier molecular flexibility index (Phi) is 5.84. The number of nitrogens with zero attached hydrogens (tertiary/aromatic N) is 2. The van der Waals surface area contributed by atoms with Crippen molar-refractivity contribution in [1.29, 1.82) is 0 Å². The van der Waals surface area contributed by atoms with E-state index in [2.05, 4.69) is 29.4 Å². The van der Waals surface area contributed by atoms with Gasteiger partial charge in [-0.1, -0.05) is 24.3 Å². The van der Waals surface area contributed by atoms with Gasteiger partial charge in [-0.3, -0.25) is 0 Å². The molecule has 2 amide bonds. The van der Waals surface area contributed by atoms with Crippen molar-refractivity contribution in [2.75, 3.05) is 38.9 Å². The van der Waals surface area contributed by atoms with Crippen LogP contribution in [-0.2, 0) is 6.54 Å². The SMILES string of the molecule is CN(Cc1ccc2c(c1)OCO2)C(=O)NCCCN(C)c1ccccc1. The summed E-state index contributed by atoms with van der Waals surface area (Å²) in [7, 11) is 3.85. The van der Waals surface area contributed by atoms with Crippen LogP contribution in [0.1, 0.15) is 12.0 Å². The van der Waals surface area contributed by atoms with E-state index in [1.165, 1.54) is 5.69 Å². The van der Waals surface area contributed by atoms with Crippen LogP contribution < -0.4 is 19.7 Å². The number of para-hydroxylation sites is 1. The summed E-state index contributed by atoms with van der Waals surface area (Å²) in [4.78, 5) is 16.1. The third-order valence-electron chi connectivity index (χ3n) is 4.35. The molecule has 2 aromatic rings. The molecule has 26 heavy (non-hydrogen) atoms. The van der Waals surface area contributed by atoms with E-state index < -0.39 is 0 Å². The lowest BCUT2D eigenvalue weighted by atomic mass is 10.2. The van der Waals surface area contributed by atoms with E-state index in [1.807, 2.05) is 36.4 Å². The third-order valence-corrected chi connectivity index (χ3v) is 4.35. The molecule has 0 atom stereocenters. The number of nitrogens with one attached hydrogen (secondary N) is 1. The molecule has 6 heteroatoms. The number of amides is 2. The van der Waals surface area contributed by atoms with Crippen LogP contribution in [0.3, 0.4) is 0 Å². The topological polar surface area (TPSA) is 54.0 Å². The number of carbonyl (C=O) groups is 1. The van der Waals surface area contributed by atoms with Gasteiger partial charge in [-0.25, -0.2) is 4.79 Å². The van der Waals surface area contributed by atoms with Gasteiger partial charge in [0.05, 0.1) is 0 Å². The first-order chi connectivity index (χ1) is 12.6.